The molecule has 0 unspecified atom stereocenters. The van der Waals surface area contributed by atoms with Gasteiger partial charge in [0.2, 0.25) is 0 Å². The van der Waals surface area contributed by atoms with E-state index >= 15 is 0 Å². The molecule has 0 aliphatic heterocycles. The molecule has 0 bridgehead atoms. The van der Waals surface area contributed by atoms with Crippen molar-refractivity contribution in [2.45, 2.75) is 16.7 Å². The fraction of sp³-hybridized carbons (Fsp3) is 0.133. The van der Waals surface area contributed by atoms with Crippen molar-refractivity contribution in [3.8, 4) is 5.75 Å². The van der Waals surface area contributed by atoms with Gasteiger partial charge < -0.3 is 4.74 Å². The monoisotopic (exact) mass is 276 g/mol. The summed E-state index contributed by atoms with van der Waals surface area (Å²) in [7, 11) is 1.60. The minimum Gasteiger partial charge on any atom is -0.497 e. The Kier molecular flexibility index (Phi) is 4.22. The Morgan fingerprint density at radius 2 is 1.84 bits per heavy atom. The molecule has 2 rings (SSSR count). The molecule has 2 nitrogen and oxygen atoms in total. The number of Topliss-reactive ketones (excluding diaryl/α,β-unsaturated/α-hetero) is 1. The van der Waals surface area contributed by atoms with Crippen LogP contribution in [-0.4, -0.2) is 12.9 Å². The number of ether oxygens (including phenoxy) is 1. The van der Waals surface area contributed by atoms with Crippen LogP contribution in [0.25, 0.3) is 0 Å². The number of benzene rings is 2. The molecule has 0 heterocycles. The maximum Gasteiger partial charge on any atom is 0.163 e. The summed E-state index contributed by atoms with van der Waals surface area (Å²) in [4.78, 5) is 13.1. The average molecular weight is 276 g/mol. The molecule has 0 aliphatic rings. The van der Waals surface area contributed by atoms with Gasteiger partial charge in [-0.2, -0.15) is 0 Å². The molecule has 0 spiro atoms. The summed E-state index contributed by atoms with van der Waals surface area (Å²) in [6.45, 7) is 1.37. The van der Waals surface area contributed by atoms with Crippen LogP contribution in [0.1, 0.15) is 17.3 Å². The van der Waals surface area contributed by atoms with Crippen LogP contribution < -0.4 is 4.74 Å². The van der Waals surface area contributed by atoms with E-state index in [4.69, 9.17) is 4.74 Å². The Labute approximate surface area is 115 Å². The van der Waals surface area contributed by atoms with Crippen LogP contribution in [0.5, 0.6) is 5.75 Å². The van der Waals surface area contributed by atoms with Gasteiger partial charge in [0, 0.05) is 9.79 Å². The minimum atomic E-state index is -0.481. The van der Waals surface area contributed by atoms with E-state index in [0.29, 0.717) is 4.90 Å². The number of hydrogen-bond acceptors (Lipinski definition) is 3. The van der Waals surface area contributed by atoms with Crippen LogP contribution in [0, 0.1) is 5.82 Å². The van der Waals surface area contributed by atoms with Gasteiger partial charge in [0.25, 0.3) is 0 Å². The zero-order chi connectivity index (χ0) is 13.8. The van der Waals surface area contributed by atoms with Gasteiger partial charge in [-0.1, -0.05) is 17.8 Å². The van der Waals surface area contributed by atoms with E-state index in [0.717, 1.165) is 10.6 Å². The zero-order valence-electron chi connectivity index (χ0n) is 10.6. The van der Waals surface area contributed by atoms with Gasteiger partial charge >= 0.3 is 0 Å². The third-order valence-corrected chi connectivity index (χ3v) is 3.68. The molecular weight excluding hydrogens is 263 g/mol. The highest BCUT2D eigenvalue weighted by Crippen LogP contribution is 2.32. The lowest BCUT2D eigenvalue weighted by atomic mass is 10.1. The normalized spacial score (nSPS) is 10.3. The first-order chi connectivity index (χ1) is 9.11. The molecule has 0 N–H and O–H groups in total. The van der Waals surface area contributed by atoms with Gasteiger partial charge in [0.05, 0.1) is 12.7 Å². The Morgan fingerprint density at radius 3 is 2.42 bits per heavy atom. The number of carbonyl (C=O) groups excluding carboxylic acids is 1. The molecule has 0 amide bonds. The summed E-state index contributed by atoms with van der Waals surface area (Å²) in [5, 5.41) is 0. The van der Waals surface area contributed by atoms with Crippen LogP contribution in [0.15, 0.2) is 52.3 Å². The largest absolute Gasteiger partial charge is 0.497 e. The first kappa shape index (κ1) is 13.6. The maximum atomic E-state index is 13.7. The second kappa shape index (κ2) is 5.89. The number of carbonyl (C=O) groups is 1. The number of hydrogen-bond donors (Lipinski definition) is 0. The number of ketones is 1. The predicted molar refractivity (Wildman–Crippen MR) is 73.5 cm³/mol. The second-order valence-electron chi connectivity index (χ2n) is 3.95. The van der Waals surface area contributed by atoms with Gasteiger partial charge in [0.15, 0.2) is 5.78 Å². The van der Waals surface area contributed by atoms with E-state index < -0.39 is 5.82 Å². The van der Waals surface area contributed by atoms with Crippen molar-refractivity contribution < 1.29 is 13.9 Å². The SMILES string of the molecule is COc1ccc(Sc2cccc(F)c2C(C)=O)cc1. The lowest BCUT2D eigenvalue weighted by Gasteiger charge is -2.08. The van der Waals surface area contributed by atoms with Crippen molar-refractivity contribution in [2.24, 2.45) is 0 Å². The molecule has 0 atom stereocenters. The average Bonchev–Trinajstić information content (AvgIpc) is 2.39. The molecule has 4 heteroatoms. The quantitative estimate of drug-likeness (QED) is 0.783. The van der Waals surface area contributed by atoms with Crippen LogP contribution >= 0.6 is 11.8 Å². The van der Waals surface area contributed by atoms with Crippen molar-refractivity contribution in [1.29, 1.82) is 0 Å². The molecule has 0 aliphatic carbocycles. The number of methoxy groups -OCH3 is 1. The molecule has 19 heavy (non-hydrogen) atoms. The molecule has 0 aromatic heterocycles. The summed E-state index contributed by atoms with van der Waals surface area (Å²) in [5.74, 6) is 0.00973. The number of rotatable bonds is 4. The molecule has 2 aromatic carbocycles. The fourth-order valence-corrected chi connectivity index (χ4v) is 2.72. The van der Waals surface area contributed by atoms with Gasteiger partial charge in [0.1, 0.15) is 11.6 Å². The third-order valence-electron chi connectivity index (χ3n) is 2.61. The third kappa shape index (κ3) is 3.15. The van der Waals surface area contributed by atoms with Gasteiger partial charge in [-0.3, -0.25) is 4.79 Å². The Morgan fingerprint density at radius 1 is 1.16 bits per heavy atom. The van der Waals surface area contributed by atoms with Crippen molar-refractivity contribution in [1.82, 2.24) is 0 Å². The highest BCUT2D eigenvalue weighted by Gasteiger charge is 2.13. The molecule has 2 aromatic rings. The van der Waals surface area contributed by atoms with E-state index in [1.807, 2.05) is 24.3 Å². The lowest BCUT2D eigenvalue weighted by molar-refractivity contribution is 0.101. The summed E-state index contributed by atoms with van der Waals surface area (Å²) in [5.41, 5.74) is 0.142. The lowest BCUT2D eigenvalue weighted by Crippen LogP contribution is -1.99. The molecule has 98 valence electrons. The Balaban J connectivity index is 2.32. The molecule has 0 fully saturated rings. The van der Waals surface area contributed by atoms with Gasteiger partial charge in [-0.05, 0) is 43.3 Å². The first-order valence-electron chi connectivity index (χ1n) is 5.73. The smallest absolute Gasteiger partial charge is 0.163 e. The van der Waals surface area contributed by atoms with E-state index in [1.165, 1.54) is 24.8 Å². The van der Waals surface area contributed by atoms with Crippen molar-refractivity contribution >= 4 is 17.5 Å². The number of halogens is 1. The second-order valence-corrected chi connectivity index (χ2v) is 5.06. The fourth-order valence-electron chi connectivity index (χ4n) is 1.70. The topological polar surface area (TPSA) is 26.3 Å². The van der Waals surface area contributed by atoms with E-state index in [1.54, 1.807) is 19.2 Å². The van der Waals surface area contributed by atoms with Crippen LogP contribution in [0.2, 0.25) is 0 Å². The molecule has 0 saturated heterocycles. The molecular formula is C15H13FO2S. The first-order valence-corrected chi connectivity index (χ1v) is 6.55. The zero-order valence-corrected chi connectivity index (χ0v) is 11.5. The highest BCUT2D eigenvalue weighted by atomic mass is 32.2. The summed E-state index contributed by atoms with van der Waals surface area (Å²) >= 11 is 1.36. The Bertz CT molecular complexity index is 594. The van der Waals surface area contributed by atoms with Crippen molar-refractivity contribution in [3.63, 3.8) is 0 Å². The van der Waals surface area contributed by atoms with Gasteiger partial charge in [-0.25, -0.2) is 4.39 Å². The minimum absolute atomic E-state index is 0.142. The predicted octanol–water partition coefficient (Wildman–Crippen LogP) is 4.19. The van der Waals surface area contributed by atoms with Crippen LogP contribution in [0.4, 0.5) is 4.39 Å². The standard InChI is InChI=1S/C15H13FO2S/c1-10(17)15-13(16)4-3-5-14(15)19-12-8-6-11(18-2)7-9-12/h3-9H,1-2H3. The summed E-state index contributed by atoms with van der Waals surface area (Å²) in [6, 6.07) is 12.1. The van der Waals surface area contributed by atoms with E-state index in [2.05, 4.69) is 0 Å². The van der Waals surface area contributed by atoms with Crippen molar-refractivity contribution in [2.75, 3.05) is 7.11 Å². The van der Waals surface area contributed by atoms with Gasteiger partial charge in [-0.15, -0.1) is 0 Å². The van der Waals surface area contributed by atoms with E-state index in [-0.39, 0.29) is 11.3 Å². The Hall–Kier alpha value is -1.81. The molecule has 0 radical (unpaired) electrons. The molecule has 0 saturated carbocycles. The van der Waals surface area contributed by atoms with Crippen molar-refractivity contribution in [3.05, 3.63) is 53.8 Å². The van der Waals surface area contributed by atoms with Crippen LogP contribution in [-0.2, 0) is 0 Å². The van der Waals surface area contributed by atoms with E-state index in [9.17, 15) is 9.18 Å². The summed E-state index contributed by atoms with van der Waals surface area (Å²) < 4.78 is 18.7. The van der Waals surface area contributed by atoms with Crippen LogP contribution in [0.3, 0.4) is 0 Å². The highest BCUT2D eigenvalue weighted by molar-refractivity contribution is 7.99. The summed E-state index contributed by atoms with van der Waals surface area (Å²) in [6.07, 6.45) is 0. The maximum absolute atomic E-state index is 13.7.